The zero-order valence-corrected chi connectivity index (χ0v) is 19.2. The molecule has 194 valence electrons. The number of nitrogens with two attached hydrogens (primary N) is 1. The van der Waals surface area contributed by atoms with Gasteiger partial charge in [-0.15, -0.1) is 0 Å². The number of aromatic amines is 1. The maximum Gasteiger partial charge on any atom is 0.326 e. The van der Waals surface area contributed by atoms with Crippen LogP contribution in [-0.4, -0.2) is 85.1 Å². The number of hydrogen-bond donors (Lipinski definition) is 8. The minimum Gasteiger partial charge on any atom is -0.481 e. The highest BCUT2D eigenvalue weighted by atomic mass is 16.4. The van der Waals surface area contributed by atoms with Crippen LogP contribution < -0.4 is 21.7 Å². The van der Waals surface area contributed by atoms with Crippen molar-refractivity contribution < 1.29 is 44.1 Å². The highest BCUT2D eigenvalue weighted by Gasteiger charge is 2.32. The van der Waals surface area contributed by atoms with E-state index >= 15 is 0 Å². The molecule has 1 aromatic rings. The molecule has 35 heavy (non-hydrogen) atoms. The Labute approximate surface area is 199 Å². The number of carbonyl (C=O) groups excluding carboxylic acids is 3. The van der Waals surface area contributed by atoms with E-state index in [1.807, 2.05) is 0 Å². The van der Waals surface area contributed by atoms with Gasteiger partial charge < -0.3 is 42.0 Å². The van der Waals surface area contributed by atoms with Crippen LogP contribution in [0.25, 0.3) is 0 Å². The molecule has 0 aliphatic heterocycles. The summed E-state index contributed by atoms with van der Waals surface area (Å²) in [7, 11) is 0. The lowest BCUT2D eigenvalue weighted by molar-refractivity contribution is -0.143. The van der Waals surface area contributed by atoms with E-state index in [-0.39, 0.29) is 12.3 Å². The minimum absolute atomic E-state index is 0.175. The molecule has 1 aromatic heterocycles. The highest BCUT2D eigenvalue weighted by Crippen LogP contribution is 2.06. The van der Waals surface area contributed by atoms with E-state index in [2.05, 4.69) is 25.9 Å². The van der Waals surface area contributed by atoms with Gasteiger partial charge in [0.05, 0.1) is 18.8 Å². The number of carboxylic acid groups (broad SMARTS) is 3. The molecule has 0 aromatic carbocycles. The largest absolute Gasteiger partial charge is 0.481 e. The average Bonchev–Trinajstić information content (AvgIpc) is 3.27. The fraction of sp³-hybridized carbons (Fsp3) is 0.550. The molecule has 4 unspecified atom stereocenters. The number of nitrogens with zero attached hydrogens (tertiary/aromatic N) is 1. The van der Waals surface area contributed by atoms with Crippen molar-refractivity contribution in [1.29, 1.82) is 0 Å². The standard InChI is InChI=1S/C20H30N6O9/c1-9(2)16(21)19(33)25-12(6-15(29)30)18(32)24-11(3-4-14(27)28)17(31)26-13(20(34)35)5-10-7-22-8-23-10/h7-9,11-13,16H,3-6,21H2,1-2H3,(H,22,23)(H,24,32)(H,25,33)(H,26,31)(H,27,28)(H,29,30)(H,34,35). The van der Waals surface area contributed by atoms with E-state index in [1.165, 1.54) is 12.5 Å². The lowest BCUT2D eigenvalue weighted by atomic mass is 10.0. The summed E-state index contributed by atoms with van der Waals surface area (Å²) in [6.45, 7) is 3.29. The van der Waals surface area contributed by atoms with Crippen molar-refractivity contribution in [3.05, 3.63) is 18.2 Å². The van der Waals surface area contributed by atoms with Gasteiger partial charge in [0.15, 0.2) is 0 Å². The molecule has 0 fully saturated rings. The lowest BCUT2D eigenvalue weighted by Gasteiger charge is -2.25. The molecule has 0 aliphatic carbocycles. The number of rotatable bonds is 15. The first-order chi connectivity index (χ1) is 16.3. The van der Waals surface area contributed by atoms with Crippen molar-refractivity contribution in [1.82, 2.24) is 25.9 Å². The lowest BCUT2D eigenvalue weighted by Crippen LogP contribution is -2.58. The van der Waals surface area contributed by atoms with Crippen molar-refractivity contribution in [3.63, 3.8) is 0 Å². The molecule has 1 heterocycles. The zero-order valence-electron chi connectivity index (χ0n) is 19.2. The number of hydrogen-bond acceptors (Lipinski definition) is 8. The summed E-state index contributed by atoms with van der Waals surface area (Å²) in [5.41, 5.74) is 6.12. The van der Waals surface area contributed by atoms with E-state index < -0.39 is 79.1 Å². The van der Waals surface area contributed by atoms with Gasteiger partial charge in [-0.05, 0) is 12.3 Å². The Bertz CT molecular complexity index is 918. The van der Waals surface area contributed by atoms with E-state index in [0.717, 1.165) is 0 Å². The molecule has 0 bridgehead atoms. The zero-order chi connectivity index (χ0) is 26.7. The van der Waals surface area contributed by atoms with Crippen molar-refractivity contribution >= 4 is 35.6 Å². The first-order valence-corrected chi connectivity index (χ1v) is 10.6. The molecule has 0 radical (unpaired) electrons. The summed E-state index contributed by atoms with van der Waals surface area (Å²) in [6, 6.07) is -5.63. The Morgan fingerprint density at radius 2 is 1.49 bits per heavy atom. The summed E-state index contributed by atoms with van der Waals surface area (Å²) in [5, 5.41) is 34.2. The van der Waals surface area contributed by atoms with Gasteiger partial charge in [0.25, 0.3) is 0 Å². The van der Waals surface area contributed by atoms with Crippen LogP contribution in [0.1, 0.15) is 38.8 Å². The van der Waals surface area contributed by atoms with Crippen LogP contribution in [0, 0.1) is 5.92 Å². The van der Waals surface area contributed by atoms with E-state index in [9.17, 15) is 33.9 Å². The smallest absolute Gasteiger partial charge is 0.326 e. The van der Waals surface area contributed by atoms with Gasteiger partial charge in [0.1, 0.15) is 18.1 Å². The normalized spacial score (nSPS) is 14.3. The number of amides is 3. The van der Waals surface area contributed by atoms with Crippen LogP contribution in [0.15, 0.2) is 12.5 Å². The van der Waals surface area contributed by atoms with Gasteiger partial charge in [0, 0.05) is 24.7 Å². The molecule has 0 saturated heterocycles. The number of H-pyrrole nitrogens is 1. The number of aromatic nitrogens is 2. The molecule has 0 spiro atoms. The second kappa shape index (κ2) is 13.6. The van der Waals surface area contributed by atoms with Gasteiger partial charge in [-0.2, -0.15) is 0 Å². The molecule has 4 atom stereocenters. The second-order valence-corrected chi connectivity index (χ2v) is 8.10. The van der Waals surface area contributed by atoms with Crippen LogP contribution in [0.5, 0.6) is 0 Å². The van der Waals surface area contributed by atoms with Crippen LogP contribution in [0.3, 0.4) is 0 Å². The van der Waals surface area contributed by atoms with Crippen LogP contribution in [0.4, 0.5) is 0 Å². The topological polar surface area (TPSA) is 254 Å². The molecule has 0 aliphatic rings. The fourth-order valence-electron chi connectivity index (χ4n) is 2.85. The number of aliphatic carboxylic acids is 3. The second-order valence-electron chi connectivity index (χ2n) is 8.10. The minimum atomic E-state index is -1.62. The monoisotopic (exact) mass is 498 g/mol. The summed E-state index contributed by atoms with van der Waals surface area (Å²) >= 11 is 0. The maximum atomic E-state index is 12.8. The van der Waals surface area contributed by atoms with E-state index in [0.29, 0.717) is 5.69 Å². The van der Waals surface area contributed by atoms with Gasteiger partial charge in [-0.25, -0.2) is 9.78 Å². The van der Waals surface area contributed by atoms with E-state index in [1.54, 1.807) is 13.8 Å². The SMILES string of the molecule is CC(C)C(N)C(=O)NC(CC(=O)O)C(=O)NC(CCC(=O)O)C(=O)NC(Cc1cnc[nH]1)C(=O)O. The third-order valence-electron chi connectivity index (χ3n) is 4.91. The Morgan fingerprint density at radius 1 is 0.914 bits per heavy atom. The van der Waals surface area contributed by atoms with E-state index in [4.69, 9.17) is 15.9 Å². The predicted molar refractivity (Wildman–Crippen MR) is 118 cm³/mol. The Kier molecular flexibility index (Phi) is 11.3. The van der Waals surface area contributed by atoms with Crippen molar-refractivity contribution in [2.75, 3.05) is 0 Å². The average molecular weight is 498 g/mol. The number of nitrogens with one attached hydrogen (secondary N) is 4. The molecule has 9 N–H and O–H groups in total. The number of imidazole rings is 1. The first kappa shape index (κ1) is 29.0. The van der Waals surface area contributed by atoms with Crippen molar-refractivity contribution in [2.24, 2.45) is 11.7 Å². The quantitative estimate of drug-likeness (QED) is 0.129. The third-order valence-corrected chi connectivity index (χ3v) is 4.91. The van der Waals surface area contributed by atoms with Gasteiger partial charge in [-0.3, -0.25) is 24.0 Å². The van der Waals surface area contributed by atoms with Crippen molar-refractivity contribution in [3.8, 4) is 0 Å². The molecule has 3 amide bonds. The fourth-order valence-corrected chi connectivity index (χ4v) is 2.85. The Morgan fingerprint density at radius 3 is 1.97 bits per heavy atom. The highest BCUT2D eigenvalue weighted by molar-refractivity contribution is 5.95. The molecule has 15 heteroatoms. The molecule has 1 rings (SSSR count). The summed E-state index contributed by atoms with van der Waals surface area (Å²) < 4.78 is 0. The summed E-state index contributed by atoms with van der Waals surface area (Å²) in [5.74, 6) is -7.31. The molecule has 0 saturated carbocycles. The van der Waals surface area contributed by atoms with Gasteiger partial charge in [0.2, 0.25) is 17.7 Å². The summed E-state index contributed by atoms with van der Waals surface area (Å²) in [4.78, 5) is 78.0. The Balaban J connectivity index is 3.03. The van der Waals surface area contributed by atoms with Gasteiger partial charge in [-0.1, -0.05) is 13.8 Å². The number of carbonyl (C=O) groups is 6. The van der Waals surface area contributed by atoms with Crippen LogP contribution >= 0.6 is 0 Å². The predicted octanol–water partition coefficient (Wildman–Crippen LogP) is -2.19. The molecular formula is C20H30N6O9. The van der Waals surface area contributed by atoms with Crippen molar-refractivity contribution in [2.45, 2.75) is 63.7 Å². The summed E-state index contributed by atoms with van der Waals surface area (Å²) in [6.07, 6.45) is 0.660. The molecular weight excluding hydrogens is 468 g/mol. The third kappa shape index (κ3) is 10.2. The van der Waals surface area contributed by atoms with Gasteiger partial charge >= 0.3 is 17.9 Å². The van der Waals surface area contributed by atoms with Crippen LogP contribution in [-0.2, 0) is 35.2 Å². The first-order valence-electron chi connectivity index (χ1n) is 10.6. The Hall–Kier alpha value is -4.01. The number of carboxylic acids is 3. The van der Waals surface area contributed by atoms with Crippen LogP contribution in [0.2, 0.25) is 0 Å². The molecule has 15 nitrogen and oxygen atoms in total. The maximum absolute atomic E-state index is 12.8.